The summed E-state index contributed by atoms with van der Waals surface area (Å²) in [6, 6.07) is 5.35. The Labute approximate surface area is 104 Å². The van der Waals surface area contributed by atoms with E-state index in [4.69, 9.17) is 15.2 Å². The number of methoxy groups -OCH3 is 2. The molecular weight excluding hydrogens is 236 g/mol. The summed E-state index contributed by atoms with van der Waals surface area (Å²) in [4.78, 5) is 4.22. The zero-order valence-electron chi connectivity index (χ0n) is 9.71. The average Bonchev–Trinajstić information content (AvgIpc) is 2.91. The van der Waals surface area contributed by atoms with E-state index in [2.05, 4.69) is 4.98 Å². The normalized spacial score (nSPS) is 12.2. The Bertz CT molecular complexity index is 463. The molecule has 0 aliphatic carbocycles. The number of ether oxygens (including phenoxy) is 2. The molecule has 0 saturated carbocycles. The van der Waals surface area contributed by atoms with Crippen LogP contribution in [-0.4, -0.2) is 19.2 Å². The molecular formula is C12H14N2O2S. The number of nitrogens with two attached hydrogens (primary N) is 1. The van der Waals surface area contributed by atoms with Crippen LogP contribution in [0, 0.1) is 0 Å². The Morgan fingerprint density at radius 2 is 1.82 bits per heavy atom. The number of nitrogens with zero attached hydrogens (tertiary/aromatic N) is 1. The minimum absolute atomic E-state index is 0.259. The summed E-state index contributed by atoms with van der Waals surface area (Å²) >= 11 is 1.53. The van der Waals surface area contributed by atoms with Crippen LogP contribution in [-0.2, 0) is 0 Å². The van der Waals surface area contributed by atoms with Gasteiger partial charge in [-0.1, -0.05) is 0 Å². The van der Waals surface area contributed by atoms with Gasteiger partial charge in [0.15, 0.2) is 0 Å². The summed E-state index contributed by atoms with van der Waals surface area (Å²) in [5.41, 5.74) is 9.69. The molecule has 0 amide bonds. The first-order valence-electron chi connectivity index (χ1n) is 5.11. The van der Waals surface area contributed by atoms with Crippen molar-refractivity contribution in [2.75, 3.05) is 14.2 Å². The predicted molar refractivity (Wildman–Crippen MR) is 67.7 cm³/mol. The third-order valence-electron chi connectivity index (χ3n) is 2.50. The summed E-state index contributed by atoms with van der Waals surface area (Å²) < 4.78 is 10.4. The van der Waals surface area contributed by atoms with Gasteiger partial charge in [0.05, 0.1) is 31.5 Å². The van der Waals surface area contributed by atoms with E-state index < -0.39 is 0 Å². The van der Waals surface area contributed by atoms with E-state index >= 15 is 0 Å². The smallest absolute Gasteiger partial charge is 0.122 e. The molecule has 0 fully saturated rings. The molecule has 17 heavy (non-hydrogen) atoms. The molecule has 0 spiro atoms. The number of rotatable bonds is 4. The van der Waals surface area contributed by atoms with Crippen LogP contribution in [0.4, 0.5) is 0 Å². The zero-order valence-corrected chi connectivity index (χ0v) is 10.5. The molecule has 90 valence electrons. The molecule has 0 aliphatic rings. The van der Waals surface area contributed by atoms with E-state index in [1.54, 1.807) is 19.7 Å². The van der Waals surface area contributed by atoms with Crippen molar-refractivity contribution < 1.29 is 9.47 Å². The van der Waals surface area contributed by atoms with E-state index in [0.717, 1.165) is 22.8 Å². The average molecular weight is 250 g/mol. The molecule has 1 aromatic carbocycles. The van der Waals surface area contributed by atoms with Gasteiger partial charge in [0, 0.05) is 11.4 Å². The van der Waals surface area contributed by atoms with Gasteiger partial charge in [0.1, 0.15) is 11.5 Å². The maximum Gasteiger partial charge on any atom is 0.122 e. The monoisotopic (exact) mass is 250 g/mol. The molecule has 0 radical (unpaired) electrons. The molecule has 2 rings (SSSR count). The van der Waals surface area contributed by atoms with Gasteiger partial charge in [-0.3, -0.25) is 0 Å². The molecule has 2 N–H and O–H groups in total. The van der Waals surface area contributed by atoms with E-state index in [-0.39, 0.29) is 6.04 Å². The molecule has 1 atom stereocenters. The largest absolute Gasteiger partial charge is 0.497 e. The molecule has 5 heteroatoms. The fourth-order valence-corrected chi connectivity index (χ4v) is 2.15. The zero-order chi connectivity index (χ0) is 12.3. The lowest BCUT2D eigenvalue weighted by molar-refractivity contribution is 0.393. The van der Waals surface area contributed by atoms with Crippen LogP contribution in [0.3, 0.4) is 0 Å². The highest BCUT2D eigenvalue weighted by molar-refractivity contribution is 7.07. The molecule has 1 aromatic heterocycles. The molecule has 1 unspecified atom stereocenters. The summed E-state index contributed by atoms with van der Waals surface area (Å²) in [6.45, 7) is 0. The van der Waals surface area contributed by atoms with Crippen molar-refractivity contribution in [3.05, 3.63) is 40.3 Å². The Morgan fingerprint density at radius 1 is 1.18 bits per heavy atom. The Hall–Kier alpha value is -1.59. The van der Waals surface area contributed by atoms with Crippen molar-refractivity contribution in [2.24, 2.45) is 5.73 Å². The van der Waals surface area contributed by atoms with Gasteiger partial charge in [-0.15, -0.1) is 11.3 Å². The number of hydrogen-bond acceptors (Lipinski definition) is 5. The molecule has 0 saturated heterocycles. The molecule has 4 nitrogen and oxygen atoms in total. The third-order valence-corrected chi connectivity index (χ3v) is 3.11. The van der Waals surface area contributed by atoms with Gasteiger partial charge in [-0.25, -0.2) is 4.98 Å². The van der Waals surface area contributed by atoms with Crippen molar-refractivity contribution in [3.63, 3.8) is 0 Å². The van der Waals surface area contributed by atoms with Crippen LogP contribution in [0.5, 0.6) is 11.5 Å². The van der Waals surface area contributed by atoms with Crippen LogP contribution < -0.4 is 15.2 Å². The number of benzene rings is 1. The SMILES string of the molecule is COc1cc(OC)cc(C(N)c2cscn2)c1. The van der Waals surface area contributed by atoms with E-state index in [1.807, 2.05) is 23.6 Å². The molecule has 2 aromatic rings. The highest BCUT2D eigenvalue weighted by Gasteiger charge is 2.13. The van der Waals surface area contributed by atoms with Crippen molar-refractivity contribution in [2.45, 2.75) is 6.04 Å². The quantitative estimate of drug-likeness (QED) is 0.903. The second kappa shape index (κ2) is 5.16. The van der Waals surface area contributed by atoms with Crippen molar-refractivity contribution in [1.82, 2.24) is 4.98 Å². The fourth-order valence-electron chi connectivity index (χ4n) is 1.56. The summed E-state index contributed by atoms with van der Waals surface area (Å²) in [6.07, 6.45) is 0. The lowest BCUT2D eigenvalue weighted by Gasteiger charge is -2.13. The fraction of sp³-hybridized carbons (Fsp3) is 0.250. The summed E-state index contributed by atoms with van der Waals surface area (Å²) in [5, 5.41) is 1.94. The van der Waals surface area contributed by atoms with E-state index in [1.165, 1.54) is 11.3 Å². The maximum atomic E-state index is 6.14. The highest BCUT2D eigenvalue weighted by Crippen LogP contribution is 2.28. The molecule has 1 heterocycles. The summed E-state index contributed by atoms with van der Waals surface area (Å²) in [5.74, 6) is 1.45. The molecule has 0 aliphatic heterocycles. The van der Waals surface area contributed by atoms with E-state index in [0.29, 0.717) is 0 Å². The van der Waals surface area contributed by atoms with Crippen LogP contribution in [0.2, 0.25) is 0 Å². The first-order chi connectivity index (χ1) is 8.24. The second-order valence-corrected chi connectivity index (χ2v) is 4.26. The van der Waals surface area contributed by atoms with Gasteiger partial charge >= 0.3 is 0 Å². The van der Waals surface area contributed by atoms with Crippen molar-refractivity contribution >= 4 is 11.3 Å². The van der Waals surface area contributed by atoms with Crippen molar-refractivity contribution in [1.29, 1.82) is 0 Å². The lowest BCUT2D eigenvalue weighted by Crippen LogP contribution is -2.12. The maximum absolute atomic E-state index is 6.14. The Kier molecular flexibility index (Phi) is 3.61. The van der Waals surface area contributed by atoms with E-state index in [9.17, 15) is 0 Å². The standard InChI is InChI=1S/C12H14N2O2S/c1-15-9-3-8(4-10(5-9)16-2)12(13)11-6-17-7-14-11/h3-7,12H,13H2,1-2H3. The van der Waals surface area contributed by atoms with Gasteiger partial charge in [0.25, 0.3) is 0 Å². The van der Waals surface area contributed by atoms with Crippen LogP contribution in [0.1, 0.15) is 17.3 Å². The predicted octanol–water partition coefficient (Wildman–Crippen LogP) is 2.21. The molecule has 0 bridgehead atoms. The second-order valence-electron chi connectivity index (χ2n) is 3.54. The Balaban J connectivity index is 2.37. The first kappa shape index (κ1) is 11.9. The topological polar surface area (TPSA) is 57.4 Å². The van der Waals surface area contributed by atoms with Gasteiger partial charge < -0.3 is 15.2 Å². The van der Waals surface area contributed by atoms with Gasteiger partial charge in [-0.2, -0.15) is 0 Å². The number of hydrogen-bond donors (Lipinski definition) is 1. The minimum Gasteiger partial charge on any atom is -0.497 e. The van der Waals surface area contributed by atoms with Crippen molar-refractivity contribution in [3.8, 4) is 11.5 Å². The van der Waals surface area contributed by atoms with Gasteiger partial charge in [0.2, 0.25) is 0 Å². The van der Waals surface area contributed by atoms with Gasteiger partial charge in [-0.05, 0) is 17.7 Å². The first-order valence-corrected chi connectivity index (χ1v) is 6.05. The lowest BCUT2D eigenvalue weighted by atomic mass is 10.0. The Morgan fingerprint density at radius 3 is 2.29 bits per heavy atom. The summed E-state index contributed by atoms with van der Waals surface area (Å²) in [7, 11) is 3.24. The highest BCUT2D eigenvalue weighted by atomic mass is 32.1. The number of aromatic nitrogens is 1. The van der Waals surface area contributed by atoms with Crippen LogP contribution in [0.25, 0.3) is 0 Å². The minimum atomic E-state index is -0.259. The van der Waals surface area contributed by atoms with Crippen LogP contribution >= 0.6 is 11.3 Å². The van der Waals surface area contributed by atoms with Crippen LogP contribution in [0.15, 0.2) is 29.1 Å². The number of thiazole rings is 1. The third kappa shape index (κ3) is 2.57.